The Morgan fingerprint density at radius 1 is 0.714 bits per heavy atom. The van der Waals surface area contributed by atoms with Crippen LogP contribution in [-0.4, -0.2) is 25.0 Å². The average Bonchev–Trinajstić information content (AvgIpc) is 2.52. The number of rotatable bonds is 13. The van der Waals surface area contributed by atoms with Gasteiger partial charge in [0.05, 0.1) is 0 Å². The Hall–Kier alpha value is -0.820. The third kappa shape index (κ3) is 10.5. The minimum absolute atomic E-state index is 1.23. The lowest BCUT2D eigenvalue weighted by Gasteiger charge is -2.16. The fourth-order valence-electron chi connectivity index (χ4n) is 2.81. The van der Waals surface area contributed by atoms with Gasteiger partial charge in [-0.3, -0.25) is 0 Å². The van der Waals surface area contributed by atoms with E-state index in [4.69, 9.17) is 0 Å². The van der Waals surface area contributed by atoms with Crippen LogP contribution in [0.1, 0.15) is 70.3 Å². The molecule has 1 heteroatoms. The topological polar surface area (TPSA) is 3.24 Å². The van der Waals surface area contributed by atoms with Crippen molar-refractivity contribution in [3.63, 3.8) is 0 Å². The fourth-order valence-corrected chi connectivity index (χ4v) is 2.81. The van der Waals surface area contributed by atoms with Gasteiger partial charge >= 0.3 is 0 Å². The lowest BCUT2D eigenvalue weighted by molar-refractivity contribution is 0.316. The zero-order valence-electron chi connectivity index (χ0n) is 14.3. The van der Waals surface area contributed by atoms with Crippen LogP contribution in [0.2, 0.25) is 0 Å². The second-order valence-corrected chi connectivity index (χ2v) is 6.37. The van der Waals surface area contributed by atoms with Crippen LogP contribution in [0, 0.1) is 0 Å². The van der Waals surface area contributed by atoms with Gasteiger partial charge in [-0.1, -0.05) is 75.8 Å². The van der Waals surface area contributed by atoms with Crippen molar-refractivity contribution in [1.29, 1.82) is 0 Å². The zero-order valence-corrected chi connectivity index (χ0v) is 14.3. The summed E-state index contributed by atoms with van der Waals surface area (Å²) in [7, 11) is 2.28. The van der Waals surface area contributed by atoms with Crippen molar-refractivity contribution in [1.82, 2.24) is 4.90 Å². The highest BCUT2D eigenvalue weighted by atomic mass is 15.1. The van der Waals surface area contributed by atoms with Gasteiger partial charge in [0.15, 0.2) is 0 Å². The Morgan fingerprint density at radius 3 is 1.95 bits per heavy atom. The van der Waals surface area contributed by atoms with Gasteiger partial charge in [-0.25, -0.2) is 0 Å². The van der Waals surface area contributed by atoms with Gasteiger partial charge < -0.3 is 4.90 Å². The molecule has 1 aromatic carbocycles. The molecule has 21 heavy (non-hydrogen) atoms. The summed E-state index contributed by atoms with van der Waals surface area (Å²) in [4.78, 5) is 2.51. The van der Waals surface area contributed by atoms with E-state index in [1.54, 1.807) is 0 Å². The number of nitrogens with zero attached hydrogens (tertiary/aromatic N) is 1. The maximum absolute atomic E-state index is 2.51. The predicted octanol–water partition coefficient (Wildman–Crippen LogP) is 5.69. The molecule has 0 saturated heterocycles. The molecule has 0 aliphatic rings. The van der Waals surface area contributed by atoms with Crippen LogP contribution >= 0.6 is 0 Å². The molecule has 0 amide bonds. The van der Waals surface area contributed by atoms with E-state index in [9.17, 15) is 0 Å². The molecule has 1 rings (SSSR count). The van der Waals surface area contributed by atoms with Crippen LogP contribution in [0.3, 0.4) is 0 Å². The summed E-state index contributed by atoms with van der Waals surface area (Å²) in [5.41, 5.74) is 1.48. The first-order chi connectivity index (χ1) is 10.3. The van der Waals surface area contributed by atoms with E-state index in [1.165, 1.54) is 82.9 Å². The third-order valence-electron chi connectivity index (χ3n) is 4.24. The Balaban J connectivity index is 1.88. The summed E-state index contributed by atoms with van der Waals surface area (Å²) >= 11 is 0. The molecule has 0 aromatic heterocycles. The first-order valence-electron chi connectivity index (χ1n) is 9.05. The normalized spacial score (nSPS) is 11.2. The molecule has 120 valence electrons. The van der Waals surface area contributed by atoms with E-state index in [0.29, 0.717) is 0 Å². The molecule has 0 aliphatic heterocycles. The van der Waals surface area contributed by atoms with E-state index in [-0.39, 0.29) is 0 Å². The Kier molecular flexibility index (Phi) is 11.2. The van der Waals surface area contributed by atoms with Crippen LogP contribution in [0.4, 0.5) is 0 Å². The summed E-state index contributed by atoms with van der Waals surface area (Å²) in [6.45, 7) is 4.81. The predicted molar refractivity (Wildman–Crippen MR) is 94.9 cm³/mol. The van der Waals surface area contributed by atoms with Gasteiger partial charge in [0.25, 0.3) is 0 Å². The number of benzene rings is 1. The smallest absolute Gasteiger partial charge is 0.00217 e. The summed E-state index contributed by atoms with van der Waals surface area (Å²) in [6, 6.07) is 10.9. The number of unbranched alkanes of at least 4 members (excludes halogenated alkanes) is 7. The van der Waals surface area contributed by atoms with Gasteiger partial charge in [-0.05, 0) is 51.4 Å². The molecule has 1 nitrogen and oxygen atoms in total. The Labute approximate surface area is 132 Å². The highest BCUT2D eigenvalue weighted by molar-refractivity contribution is 5.14. The molecule has 0 spiro atoms. The number of hydrogen-bond acceptors (Lipinski definition) is 1. The molecule has 1 aromatic rings. The van der Waals surface area contributed by atoms with Gasteiger partial charge in [-0.2, -0.15) is 0 Å². The van der Waals surface area contributed by atoms with Crippen LogP contribution in [0.15, 0.2) is 30.3 Å². The molecule has 0 atom stereocenters. The number of aryl methyl sites for hydroxylation is 1. The van der Waals surface area contributed by atoms with Crippen LogP contribution in [-0.2, 0) is 6.42 Å². The summed E-state index contributed by atoms with van der Waals surface area (Å²) in [5, 5.41) is 0. The minimum Gasteiger partial charge on any atom is -0.306 e. The monoisotopic (exact) mass is 289 g/mol. The summed E-state index contributed by atoms with van der Waals surface area (Å²) in [6.07, 6.45) is 13.7. The van der Waals surface area contributed by atoms with Crippen molar-refractivity contribution in [2.24, 2.45) is 0 Å². The first-order valence-corrected chi connectivity index (χ1v) is 9.05. The van der Waals surface area contributed by atoms with E-state index in [1.807, 2.05) is 0 Å². The Morgan fingerprint density at radius 2 is 1.29 bits per heavy atom. The Bertz CT molecular complexity index is 320. The third-order valence-corrected chi connectivity index (χ3v) is 4.24. The maximum atomic E-state index is 2.51. The molecule has 0 radical (unpaired) electrons. The van der Waals surface area contributed by atoms with Crippen molar-refractivity contribution < 1.29 is 0 Å². The second kappa shape index (κ2) is 12.9. The van der Waals surface area contributed by atoms with Crippen molar-refractivity contribution in [3.8, 4) is 0 Å². The molecular weight excluding hydrogens is 254 g/mol. The van der Waals surface area contributed by atoms with Gasteiger partial charge in [0.1, 0.15) is 0 Å². The van der Waals surface area contributed by atoms with Gasteiger partial charge in [0, 0.05) is 0 Å². The zero-order chi connectivity index (χ0) is 15.2. The van der Waals surface area contributed by atoms with Crippen LogP contribution in [0.5, 0.6) is 0 Å². The standard InChI is InChI=1S/C20H35N/c1-3-4-5-6-7-8-13-18-21(2)19-14-12-17-20-15-10-9-11-16-20/h9-11,15-16H,3-8,12-14,17-19H2,1-2H3. The molecule has 0 fully saturated rings. The molecule has 0 unspecified atom stereocenters. The van der Waals surface area contributed by atoms with E-state index in [0.717, 1.165) is 0 Å². The lowest BCUT2D eigenvalue weighted by Crippen LogP contribution is -2.21. The highest BCUT2D eigenvalue weighted by Crippen LogP contribution is 2.08. The van der Waals surface area contributed by atoms with Crippen molar-refractivity contribution in [2.45, 2.75) is 71.1 Å². The van der Waals surface area contributed by atoms with Crippen LogP contribution < -0.4 is 0 Å². The van der Waals surface area contributed by atoms with Crippen molar-refractivity contribution in [3.05, 3.63) is 35.9 Å². The highest BCUT2D eigenvalue weighted by Gasteiger charge is 1.99. The molecule has 0 aliphatic carbocycles. The largest absolute Gasteiger partial charge is 0.306 e. The SMILES string of the molecule is CCCCCCCCCN(C)CCCCc1ccccc1. The minimum atomic E-state index is 1.23. The lowest BCUT2D eigenvalue weighted by atomic mass is 10.1. The van der Waals surface area contributed by atoms with E-state index < -0.39 is 0 Å². The molecule has 0 bridgehead atoms. The average molecular weight is 290 g/mol. The summed E-state index contributed by atoms with van der Waals surface area (Å²) < 4.78 is 0. The molecule has 0 N–H and O–H groups in total. The van der Waals surface area contributed by atoms with Gasteiger partial charge in [0.2, 0.25) is 0 Å². The molecular formula is C20H35N. The van der Waals surface area contributed by atoms with E-state index >= 15 is 0 Å². The summed E-state index contributed by atoms with van der Waals surface area (Å²) in [5.74, 6) is 0. The maximum Gasteiger partial charge on any atom is -0.00217 e. The van der Waals surface area contributed by atoms with E-state index in [2.05, 4.69) is 49.2 Å². The number of hydrogen-bond donors (Lipinski definition) is 0. The molecule has 0 heterocycles. The van der Waals surface area contributed by atoms with Crippen LogP contribution in [0.25, 0.3) is 0 Å². The van der Waals surface area contributed by atoms with Gasteiger partial charge in [-0.15, -0.1) is 0 Å². The second-order valence-electron chi connectivity index (χ2n) is 6.37. The molecule has 0 saturated carbocycles. The quantitative estimate of drug-likeness (QED) is 0.421. The fraction of sp³-hybridized carbons (Fsp3) is 0.700. The van der Waals surface area contributed by atoms with Crippen molar-refractivity contribution >= 4 is 0 Å². The van der Waals surface area contributed by atoms with Crippen molar-refractivity contribution in [2.75, 3.05) is 20.1 Å². The first kappa shape index (κ1) is 18.2.